The molecule has 1 aliphatic heterocycles. The Bertz CT molecular complexity index is 1010. The number of benzene rings is 1. The maximum absolute atomic E-state index is 13.5. The number of carbonyl (C=O) groups excluding carboxylic acids is 5. The Morgan fingerprint density at radius 1 is 1.15 bits per heavy atom. The molecule has 1 saturated heterocycles. The number of likely N-dealkylation sites (tertiary alicyclic amines) is 1. The van der Waals surface area contributed by atoms with Gasteiger partial charge in [-0.3, -0.25) is 14.9 Å². The normalized spacial score (nSPS) is 14.4. The molecule has 10 heteroatoms. The summed E-state index contributed by atoms with van der Waals surface area (Å²) >= 11 is 0. The lowest BCUT2D eigenvalue weighted by molar-refractivity contribution is -0.191. The van der Waals surface area contributed by atoms with E-state index in [1.165, 1.54) is 19.4 Å². The van der Waals surface area contributed by atoms with Gasteiger partial charge in [0.05, 0.1) is 23.9 Å². The summed E-state index contributed by atoms with van der Waals surface area (Å²) in [5.41, 5.74) is 1.79. The molecular formula is C29H42N2O8. The van der Waals surface area contributed by atoms with Crippen molar-refractivity contribution in [2.75, 3.05) is 31.7 Å². The zero-order chi connectivity index (χ0) is 29.4. The molecule has 1 N–H and O–H groups in total. The fourth-order valence-corrected chi connectivity index (χ4v) is 4.17. The summed E-state index contributed by atoms with van der Waals surface area (Å²) in [4.78, 5) is 55.1. The molecule has 216 valence electrons. The molecule has 0 aromatic heterocycles. The second-order valence-corrected chi connectivity index (χ2v) is 10.6. The summed E-state index contributed by atoms with van der Waals surface area (Å²) in [5, 5.41) is 2.69. The van der Waals surface area contributed by atoms with Gasteiger partial charge < -0.3 is 19.1 Å². The van der Waals surface area contributed by atoms with Gasteiger partial charge >= 0.3 is 18.2 Å². The number of nitrogens with zero attached hydrogens (tertiary/aromatic N) is 1. The molecule has 0 unspecified atom stereocenters. The van der Waals surface area contributed by atoms with Gasteiger partial charge in [-0.15, -0.1) is 0 Å². The summed E-state index contributed by atoms with van der Waals surface area (Å²) in [6.45, 7) is 14.8. The second kappa shape index (κ2) is 17.0. The fourth-order valence-electron chi connectivity index (χ4n) is 4.17. The molecule has 0 bridgehead atoms. The monoisotopic (exact) mass is 546 g/mol. The lowest BCUT2D eigenvalue weighted by Crippen LogP contribution is -2.39. The van der Waals surface area contributed by atoms with Gasteiger partial charge in [0.25, 0.3) is 5.91 Å². The average molecular weight is 547 g/mol. The van der Waals surface area contributed by atoms with Crippen LogP contribution in [0.25, 0.3) is 0 Å². The van der Waals surface area contributed by atoms with E-state index >= 15 is 0 Å². The van der Waals surface area contributed by atoms with E-state index in [2.05, 4.69) is 32.7 Å². The van der Waals surface area contributed by atoms with Gasteiger partial charge in [-0.25, -0.2) is 4.79 Å². The van der Waals surface area contributed by atoms with Gasteiger partial charge in [0.1, 0.15) is 19.0 Å². The van der Waals surface area contributed by atoms with Gasteiger partial charge in [-0.05, 0) is 49.7 Å². The third-order valence-corrected chi connectivity index (χ3v) is 6.06. The zero-order valence-corrected chi connectivity index (χ0v) is 23.8. The van der Waals surface area contributed by atoms with Crippen molar-refractivity contribution in [1.82, 2.24) is 4.90 Å². The van der Waals surface area contributed by atoms with E-state index in [0.717, 1.165) is 37.7 Å². The van der Waals surface area contributed by atoms with Gasteiger partial charge in [0.15, 0.2) is 0 Å². The Balaban J connectivity index is 0.00000242. The SMILES string of the molecule is C=CCOC(=O)Nc1cc(OCCCCCC(C)(C)C)c(C)cc1C(=O)N1CCC[C@H]1COC(C)=O.O=C=O. The molecule has 1 aromatic rings. The molecule has 0 aliphatic carbocycles. The van der Waals surface area contributed by atoms with Gasteiger partial charge in [-0.1, -0.05) is 46.3 Å². The van der Waals surface area contributed by atoms with Crippen molar-refractivity contribution in [2.24, 2.45) is 5.41 Å². The first kappa shape index (κ1) is 33.4. The zero-order valence-electron chi connectivity index (χ0n) is 23.8. The number of aryl methyl sites for hydroxylation is 1. The molecular weight excluding hydrogens is 504 g/mol. The lowest BCUT2D eigenvalue weighted by Gasteiger charge is -2.26. The van der Waals surface area contributed by atoms with Crippen LogP contribution in [0, 0.1) is 12.3 Å². The van der Waals surface area contributed by atoms with Crippen molar-refractivity contribution < 1.29 is 38.2 Å². The van der Waals surface area contributed by atoms with Crippen LogP contribution in [0.2, 0.25) is 0 Å². The Kier molecular flexibility index (Phi) is 14.6. The third kappa shape index (κ3) is 12.6. The quantitative estimate of drug-likeness (QED) is 0.212. The molecule has 1 atom stereocenters. The van der Waals surface area contributed by atoms with Crippen LogP contribution in [-0.2, 0) is 23.9 Å². The van der Waals surface area contributed by atoms with Crippen molar-refractivity contribution in [1.29, 1.82) is 0 Å². The number of rotatable bonds is 12. The summed E-state index contributed by atoms with van der Waals surface area (Å²) < 4.78 is 16.3. The number of unbranched alkanes of at least 4 members (excludes halogenated alkanes) is 2. The largest absolute Gasteiger partial charge is 0.493 e. The van der Waals surface area contributed by atoms with E-state index in [-0.39, 0.29) is 37.3 Å². The van der Waals surface area contributed by atoms with Gasteiger partial charge in [0.2, 0.25) is 0 Å². The van der Waals surface area contributed by atoms with E-state index in [0.29, 0.717) is 35.6 Å². The standard InChI is InChI=1S/C28H42N2O6.CO2/c1-7-15-35-27(33)29-24-18-25(34-16-10-8-9-13-28(4,5)6)20(2)17-23(24)26(32)30-14-11-12-22(30)19-36-21(3)31;2-1-3/h7,17-18,22H,1,8-16,19H2,2-6H3,(H,29,33);/t22-;/m0./s1. The van der Waals surface area contributed by atoms with Crippen LogP contribution >= 0.6 is 0 Å². The molecule has 2 amide bonds. The molecule has 1 heterocycles. The van der Waals surface area contributed by atoms with Crippen molar-refractivity contribution in [3.8, 4) is 5.75 Å². The smallest absolute Gasteiger partial charge is 0.411 e. The Morgan fingerprint density at radius 3 is 2.46 bits per heavy atom. The first-order chi connectivity index (χ1) is 18.4. The first-order valence-electron chi connectivity index (χ1n) is 13.2. The molecule has 39 heavy (non-hydrogen) atoms. The minimum atomic E-state index is -0.682. The maximum atomic E-state index is 13.5. The van der Waals surface area contributed by atoms with Crippen molar-refractivity contribution >= 4 is 29.8 Å². The fraction of sp³-hybridized carbons (Fsp3) is 0.586. The summed E-state index contributed by atoms with van der Waals surface area (Å²) in [7, 11) is 0. The number of hydrogen-bond donors (Lipinski definition) is 1. The van der Waals surface area contributed by atoms with Crippen molar-refractivity contribution in [2.45, 2.75) is 79.2 Å². The molecule has 2 rings (SSSR count). The number of amides is 2. The predicted octanol–water partition coefficient (Wildman–Crippen LogP) is 5.30. The van der Waals surface area contributed by atoms with Crippen LogP contribution in [-0.4, -0.2) is 61.4 Å². The van der Waals surface area contributed by atoms with Gasteiger partial charge in [-0.2, -0.15) is 9.59 Å². The van der Waals surface area contributed by atoms with Crippen LogP contribution in [0.3, 0.4) is 0 Å². The number of anilines is 1. The molecule has 0 saturated carbocycles. The lowest BCUT2D eigenvalue weighted by atomic mass is 9.89. The summed E-state index contributed by atoms with van der Waals surface area (Å²) in [6.07, 6.45) is 6.91. The minimum absolute atomic E-state index is 0.0511. The third-order valence-electron chi connectivity index (χ3n) is 6.06. The number of esters is 1. The highest BCUT2D eigenvalue weighted by Crippen LogP contribution is 2.31. The molecule has 1 aliphatic rings. The number of nitrogens with one attached hydrogen (secondary N) is 1. The Labute approximate surface area is 231 Å². The average Bonchev–Trinajstić information content (AvgIpc) is 3.33. The van der Waals surface area contributed by atoms with Crippen LogP contribution < -0.4 is 10.1 Å². The van der Waals surface area contributed by atoms with Gasteiger partial charge in [0, 0.05) is 19.5 Å². The van der Waals surface area contributed by atoms with Crippen LogP contribution in [0.4, 0.5) is 10.5 Å². The van der Waals surface area contributed by atoms with Crippen LogP contribution in [0.15, 0.2) is 24.8 Å². The van der Waals surface area contributed by atoms with E-state index in [1.807, 2.05) is 6.92 Å². The molecule has 10 nitrogen and oxygen atoms in total. The summed E-state index contributed by atoms with van der Waals surface area (Å²) in [5.74, 6) is -0.00264. The predicted molar refractivity (Wildman–Crippen MR) is 145 cm³/mol. The second-order valence-electron chi connectivity index (χ2n) is 10.6. The highest BCUT2D eigenvalue weighted by molar-refractivity contribution is 6.03. The summed E-state index contributed by atoms with van der Waals surface area (Å²) in [6, 6.07) is 3.22. The molecule has 0 spiro atoms. The van der Waals surface area contributed by atoms with Crippen LogP contribution in [0.1, 0.15) is 82.1 Å². The molecule has 1 aromatic carbocycles. The van der Waals surface area contributed by atoms with Crippen LogP contribution in [0.5, 0.6) is 5.75 Å². The molecule has 0 radical (unpaired) electrons. The van der Waals surface area contributed by atoms with E-state index in [1.54, 1.807) is 17.0 Å². The Hall–Kier alpha value is -3.65. The number of hydrogen-bond acceptors (Lipinski definition) is 8. The molecule has 1 fully saturated rings. The highest BCUT2D eigenvalue weighted by Gasteiger charge is 2.32. The maximum Gasteiger partial charge on any atom is 0.411 e. The Morgan fingerprint density at radius 2 is 1.85 bits per heavy atom. The van der Waals surface area contributed by atoms with E-state index < -0.39 is 6.09 Å². The van der Waals surface area contributed by atoms with Crippen molar-refractivity contribution in [3.63, 3.8) is 0 Å². The first-order valence-corrected chi connectivity index (χ1v) is 13.2. The number of ether oxygens (including phenoxy) is 3. The topological polar surface area (TPSA) is 128 Å². The van der Waals surface area contributed by atoms with E-state index in [9.17, 15) is 14.4 Å². The van der Waals surface area contributed by atoms with E-state index in [4.69, 9.17) is 23.8 Å². The van der Waals surface area contributed by atoms with Crippen molar-refractivity contribution in [3.05, 3.63) is 35.9 Å². The number of carbonyl (C=O) groups is 3. The highest BCUT2D eigenvalue weighted by atomic mass is 16.5. The minimum Gasteiger partial charge on any atom is -0.493 e.